The van der Waals surface area contributed by atoms with E-state index in [9.17, 15) is 4.79 Å². The van der Waals surface area contributed by atoms with Crippen molar-refractivity contribution in [1.29, 1.82) is 0 Å². The predicted octanol–water partition coefficient (Wildman–Crippen LogP) is 4.81. The summed E-state index contributed by atoms with van der Waals surface area (Å²) >= 11 is 3.66. The maximum atomic E-state index is 11.5. The van der Waals surface area contributed by atoms with Gasteiger partial charge in [-0.15, -0.1) is 0 Å². The van der Waals surface area contributed by atoms with E-state index in [1.165, 1.54) is 7.11 Å². The Labute approximate surface area is 156 Å². The Morgan fingerprint density at radius 3 is 1.60 bits per heavy atom. The van der Waals surface area contributed by atoms with Crippen molar-refractivity contribution < 1.29 is 19.0 Å². The topological polar surface area (TPSA) is 44.8 Å². The van der Waals surface area contributed by atoms with Crippen molar-refractivity contribution in [3.63, 3.8) is 0 Å². The normalized spacial score (nSPS) is 10.1. The fraction of sp³-hybridized carbons (Fsp3) is 0.250. The van der Waals surface area contributed by atoms with Gasteiger partial charge in [-0.1, -0.05) is 40.2 Å². The molecule has 0 heterocycles. The molecule has 0 bridgehead atoms. The van der Waals surface area contributed by atoms with Gasteiger partial charge in [-0.3, -0.25) is 4.79 Å². The van der Waals surface area contributed by atoms with E-state index in [2.05, 4.69) is 15.9 Å². The van der Waals surface area contributed by atoms with Crippen LogP contribution in [0.2, 0.25) is 0 Å². The van der Waals surface area contributed by atoms with Crippen LogP contribution >= 0.6 is 15.9 Å². The second-order valence-electron chi connectivity index (χ2n) is 5.31. The smallest absolute Gasteiger partial charge is 0.305 e. The molecule has 0 N–H and O–H groups in total. The maximum absolute atomic E-state index is 11.5. The minimum absolute atomic E-state index is 0.235. The Hall–Kier alpha value is -2.27. The molecule has 0 radical (unpaired) electrons. The number of hydrogen-bond donors (Lipinski definition) is 0. The minimum Gasteiger partial charge on any atom is -0.497 e. The van der Waals surface area contributed by atoms with Crippen molar-refractivity contribution in [2.24, 2.45) is 0 Å². The predicted molar refractivity (Wildman–Crippen MR) is 102 cm³/mol. The molecular formula is C20H21BrO4. The third-order valence-electron chi connectivity index (χ3n) is 3.80. The molecule has 0 saturated carbocycles. The van der Waals surface area contributed by atoms with Gasteiger partial charge in [0.15, 0.2) is 0 Å². The summed E-state index contributed by atoms with van der Waals surface area (Å²) in [7, 11) is 4.68. The lowest BCUT2D eigenvalue weighted by Gasteiger charge is -2.13. The van der Waals surface area contributed by atoms with E-state index in [-0.39, 0.29) is 5.97 Å². The number of hydrogen-bond acceptors (Lipinski definition) is 4. The van der Waals surface area contributed by atoms with Crippen molar-refractivity contribution in [3.05, 3.63) is 64.1 Å². The van der Waals surface area contributed by atoms with E-state index in [0.29, 0.717) is 12.8 Å². The summed E-state index contributed by atoms with van der Waals surface area (Å²) in [6.45, 7) is 0. The zero-order valence-electron chi connectivity index (χ0n) is 14.5. The molecular weight excluding hydrogens is 384 g/mol. The van der Waals surface area contributed by atoms with Crippen LogP contribution in [-0.4, -0.2) is 27.3 Å². The zero-order chi connectivity index (χ0) is 18.2. The number of methoxy groups -OCH3 is 3. The number of allylic oxidation sites excluding steroid dienone is 1. The largest absolute Gasteiger partial charge is 0.497 e. The lowest BCUT2D eigenvalue weighted by atomic mass is 9.96. The molecule has 4 nitrogen and oxygen atoms in total. The van der Waals surface area contributed by atoms with Crippen LogP contribution in [0.1, 0.15) is 24.0 Å². The molecule has 2 aromatic rings. The molecule has 0 atom stereocenters. The minimum atomic E-state index is -0.235. The quantitative estimate of drug-likeness (QED) is 0.621. The van der Waals surface area contributed by atoms with E-state index in [0.717, 1.165) is 32.7 Å². The number of carbonyl (C=O) groups excluding carboxylic acids is 1. The lowest BCUT2D eigenvalue weighted by Crippen LogP contribution is -2.00. The fourth-order valence-corrected chi connectivity index (χ4v) is 3.09. The zero-order valence-corrected chi connectivity index (χ0v) is 16.1. The van der Waals surface area contributed by atoms with Gasteiger partial charge in [0, 0.05) is 4.48 Å². The first-order chi connectivity index (χ1) is 12.1. The van der Waals surface area contributed by atoms with Gasteiger partial charge in [-0.25, -0.2) is 0 Å². The van der Waals surface area contributed by atoms with Gasteiger partial charge in [0.1, 0.15) is 11.5 Å². The first kappa shape index (κ1) is 19.1. The number of carbonyl (C=O) groups is 1. The second-order valence-corrected chi connectivity index (χ2v) is 6.27. The first-order valence-electron chi connectivity index (χ1n) is 7.83. The summed E-state index contributed by atoms with van der Waals surface area (Å²) < 4.78 is 16.1. The van der Waals surface area contributed by atoms with Crippen LogP contribution in [0.25, 0.3) is 5.57 Å². The first-order valence-corrected chi connectivity index (χ1v) is 8.62. The van der Waals surface area contributed by atoms with E-state index >= 15 is 0 Å². The number of ether oxygens (including phenoxy) is 3. The van der Waals surface area contributed by atoms with Crippen LogP contribution in [0.5, 0.6) is 11.5 Å². The highest BCUT2D eigenvalue weighted by Gasteiger charge is 2.13. The van der Waals surface area contributed by atoms with Crippen LogP contribution in [0.3, 0.4) is 0 Å². The van der Waals surface area contributed by atoms with E-state index in [1.807, 2.05) is 48.5 Å². The third kappa shape index (κ3) is 5.10. The summed E-state index contributed by atoms with van der Waals surface area (Å²) in [5.41, 5.74) is 3.08. The summed E-state index contributed by atoms with van der Waals surface area (Å²) in [6.07, 6.45) is 0.868. The Morgan fingerprint density at radius 1 is 0.800 bits per heavy atom. The number of benzene rings is 2. The molecule has 25 heavy (non-hydrogen) atoms. The molecule has 0 amide bonds. The lowest BCUT2D eigenvalue weighted by molar-refractivity contribution is -0.140. The summed E-state index contributed by atoms with van der Waals surface area (Å²) in [5, 5.41) is 0. The van der Waals surface area contributed by atoms with Crippen molar-refractivity contribution >= 4 is 27.5 Å². The molecule has 5 heteroatoms. The van der Waals surface area contributed by atoms with Crippen LogP contribution in [0, 0.1) is 0 Å². The Morgan fingerprint density at radius 2 is 1.24 bits per heavy atom. The van der Waals surface area contributed by atoms with E-state index in [4.69, 9.17) is 14.2 Å². The van der Waals surface area contributed by atoms with Gasteiger partial charge in [0.05, 0.1) is 27.8 Å². The average Bonchev–Trinajstić information content (AvgIpc) is 2.67. The second kappa shape index (κ2) is 9.28. The van der Waals surface area contributed by atoms with E-state index < -0.39 is 0 Å². The molecule has 0 aliphatic heterocycles. The Balaban J connectivity index is 2.43. The van der Waals surface area contributed by atoms with Gasteiger partial charge in [-0.05, 0) is 47.4 Å². The highest BCUT2D eigenvalue weighted by Crippen LogP contribution is 2.34. The molecule has 0 spiro atoms. The van der Waals surface area contributed by atoms with Crippen molar-refractivity contribution in [2.75, 3.05) is 21.3 Å². The van der Waals surface area contributed by atoms with Crippen molar-refractivity contribution in [1.82, 2.24) is 0 Å². The van der Waals surface area contributed by atoms with Crippen molar-refractivity contribution in [2.45, 2.75) is 12.8 Å². The Bertz CT molecular complexity index is 684. The maximum Gasteiger partial charge on any atom is 0.305 e. The summed E-state index contributed by atoms with van der Waals surface area (Å²) in [5.74, 6) is 1.35. The van der Waals surface area contributed by atoms with Gasteiger partial charge in [0.2, 0.25) is 0 Å². The van der Waals surface area contributed by atoms with Gasteiger partial charge in [0.25, 0.3) is 0 Å². The Kier molecular flexibility index (Phi) is 7.07. The SMILES string of the molecule is COC(=O)CCC(Br)=C(c1ccc(OC)cc1)c1ccc(OC)cc1. The fourth-order valence-electron chi connectivity index (χ4n) is 2.43. The highest BCUT2D eigenvalue weighted by molar-refractivity contribution is 9.11. The molecule has 0 saturated heterocycles. The monoisotopic (exact) mass is 404 g/mol. The molecule has 0 unspecified atom stereocenters. The number of esters is 1. The summed E-state index contributed by atoms with van der Waals surface area (Å²) in [4.78, 5) is 11.5. The van der Waals surface area contributed by atoms with Gasteiger partial charge >= 0.3 is 5.97 Å². The highest BCUT2D eigenvalue weighted by atomic mass is 79.9. The number of rotatable bonds is 7. The van der Waals surface area contributed by atoms with Crippen LogP contribution < -0.4 is 9.47 Å². The van der Waals surface area contributed by atoms with Gasteiger partial charge in [-0.2, -0.15) is 0 Å². The third-order valence-corrected chi connectivity index (χ3v) is 4.60. The number of halogens is 1. The van der Waals surface area contributed by atoms with Crippen molar-refractivity contribution in [3.8, 4) is 11.5 Å². The summed E-state index contributed by atoms with van der Waals surface area (Å²) in [6, 6.07) is 15.7. The van der Waals surface area contributed by atoms with E-state index in [1.54, 1.807) is 14.2 Å². The molecule has 0 aliphatic carbocycles. The van der Waals surface area contributed by atoms with Crippen LogP contribution in [-0.2, 0) is 9.53 Å². The standard InChI is InChI=1S/C20H21BrO4/c1-23-16-8-4-14(5-9-16)20(18(21)12-13-19(22)25-3)15-6-10-17(24-2)11-7-15/h4-11H,12-13H2,1-3H3. The van der Waals surface area contributed by atoms with Crippen LogP contribution in [0.15, 0.2) is 53.0 Å². The molecule has 2 aromatic carbocycles. The molecule has 2 rings (SSSR count). The average molecular weight is 405 g/mol. The van der Waals surface area contributed by atoms with Gasteiger partial charge < -0.3 is 14.2 Å². The molecule has 0 aliphatic rings. The molecule has 0 fully saturated rings. The molecule has 132 valence electrons. The molecule has 0 aromatic heterocycles. The van der Waals surface area contributed by atoms with Crippen LogP contribution in [0.4, 0.5) is 0 Å².